The molecule has 0 radical (unpaired) electrons. The standard InChI is InChI=1S/C12H12N2O7/c1-8(13(16)17)5-9-3-4-11(10(6-9)14(18)19)21-7-12(15)20-2/h3-6H,7H2,1-2H3/b8-5-. The molecule has 21 heavy (non-hydrogen) atoms. The highest BCUT2D eigenvalue weighted by molar-refractivity contribution is 5.71. The summed E-state index contributed by atoms with van der Waals surface area (Å²) < 4.78 is 9.34. The Morgan fingerprint density at radius 1 is 1.33 bits per heavy atom. The van der Waals surface area contributed by atoms with Gasteiger partial charge in [-0.3, -0.25) is 20.2 Å². The predicted molar refractivity (Wildman–Crippen MR) is 71.3 cm³/mol. The van der Waals surface area contributed by atoms with Gasteiger partial charge in [0.1, 0.15) is 0 Å². The largest absolute Gasteiger partial charge is 0.475 e. The van der Waals surface area contributed by atoms with Gasteiger partial charge in [0.15, 0.2) is 12.4 Å². The number of carbonyl (C=O) groups excluding carboxylic acids is 1. The van der Waals surface area contributed by atoms with Gasteiger partial charge in [-0.05, 0) is 11.6 Å². The highest BCUT2D eigenvalue weighted by atomic mass is 16.6. The van der Waals surface area contributed by atoms with Gasteiger partial charge in [0.2, 0.25) is 5.70 Å². The fraction of sp³-hybridized carbons (Fsp3) is 0.250. The smallest absolute Gasteiger partial charge is 0.343 e. The molecule has 1 rings (SSSR count). The molecule has 0 N–H and O–H groups in total. The molecule has 0 unspecified atom stereocenters. The lowest BCUT2D eigenvalue weighted by Gasteiger charge is -2.06. The third kappa shape index (κ3) is 4.56. The number of nitro benzene ring substituents is 1. The van der Waals surface area contributed by atoms with E-state index in [-0.39, 0.29) is 17.0 Å². The number of nitro groups is 2. The molecule has 112 valence electrons. The minimum Gasteiger partial charge on any atom is -0.475 e. The minimum absolute atomic E-state index is 0.124. The Kier molecular flexibility index (Phi) is 5.35. The van der Waals surface area contributed by atoms with Crippen molar-refractivity contribution in [3.05, 3.63) is 49.7 Å². The molecule has 0 bridgehead atoms. The van der Waals surface area contributed by atoms with Crippen molar-refractivity contribution in [3.63, 3.8) is 0 Å². The molecule has 0 aromatic heterocycles. The van der Waals surface area contributed by atoms with Gasteiger partial charge in [-0.15, -0.1) is 0 Å². The van der Waals surface area contributed by atoms with Crippen LogP contribution in [0.3, 0.4) is 0 Å². The van der Waals surface area contributed by atoms with Crippen molar-refractivity contribution < 1.29 is 24.1 Å². The summed E-state index contributed by atoms with van der Waals surface area (Å²) in [5, 5.41) is 21.5. The van der Waals surface area contributed by atoms with E-state index < -0.39 is 28.1 Å². The molecule has 0 fully saturated rings. The first-order valence-corrected chi connectivity index (χ1v) is 5.66. The monoisotopic (exact) mass is 296 g/mol. The summed E-state index contributed by atoms with van der Waals surface area (Å²) in [5.41, 5.74) is -0.280. The van der Waals surface area contributed by atoms with Crippen LogP contribution in [0.15, 0.2) is 23.9 Å². The van der Waals surface area contributed by atoms with Crippen molar-refractivity contribution in [3.8, 4) is 5.75 Å². The molecule has 1 aromatic rings. The number of hydrogen-bond donors (Lipinski definition) is 0. The Bertz CT molecular complexity index is 610. The fourth-order valence-corrected chi connectivity index (χ4v) is 1.38. The summed E-state index contributed by atoms with van der Waals surface area (Å²) in [6.07, 6.45) is 1.19. The topological polar surface area (TPSA) is 122 Å². The molecule has 0 saturated carbocycles. The predicted octanol–water partition coefficient (Wildman–Crippen LogP) is 1.78. The van der Waals surface area contributed by atoms with E-state index in [1.54, 1.807) is 0 Å². The summed E-state index contributed by atoms with van der Waals surface area (Å²) in [6, 6.07) is 3.80. The van der Waals surface area contributed by atoms with Gasteiger partial charge < -0.3 is 9.47 Å². The van der Waals surface area contributed by atoms with Crippen LogP contribution in [0.4, 0.5) is 5.69 Å². The second-order valence-corrected chi connectivity index (χ2v) is 3.89. The van der Waals surface area contributed by atoms with Gasteiger partial charge in [0, 0.05) is 19.1 Å². The number of methoxy groups -OCH3 is 1. The Balaban J connectivity index is 3.08. The highest BCUT2D eigenvalue weighted by Crippen LogP contribution is 2.28. The van der Waals surface area contributed by atoms with Crippen LogP contribution in [-0.2, 0) is 9.53 Å². The van der Waals surface area contributed by atoms with E-state index in [0.717, 1.165) is 13.2 Å². The van der Waals surface area contributed by atoms with Crippen LogP contribution in [0.5, 0.6) is 5.75 Å². The van der Waals surface area contributed by atoms with Gasteiger partial charge in [0.05, 0.1) is 17.0 Å². The number of ether oxygens (including phenoxy) is 2. The quantitative estimate of drug-likeness (QED) is 0.445. The molecule has 0 spiro atoms. The summed E-state index contributed by atoms with van der Waals surface area (Å²) in [7, 11) is 1.16. The Hall–Kier alpha value is -2.97. The summed E-state index contributed by atoms with van der Waals surface area (Å²) in [4.78, 5) is 31.1. The second-order valence-electron chi connectivity index (χ2n) is 3.89. The lowest BCUT2D eigenvalue weighted by atomic mass is 10.1. The minimum atomic E-state index is -0.703. The molecule has 0 atom stereocenters. The average Bonchev–Trinajstić information content (AvgIpc) is 2.44. The molecule has 0 heterocycles. The number of rotatable bonds is 6. The summed E-state index contributed by atoms with van der Waals surface area (Å²) >= 11 is 0. The van der Waals surface area contributed by atoms with Crippen LogP contribution in [-0.4, -0.2) is 29.5 Å². The Morgan fingerprint density at radius 3 is 2.52 bits per heavy atom. The van der Waals surface area contributed by atoms with Crippen LogP contribution in [0.2, 0.25) is 0 Å². The van der Waals surface area contributed by atoms with Crippen molar-refractivity contribution in [2.45, 2.75) is 6.92 Å². The summed E-state index contributed by atoms with van der Waals surface area (Å²) in [5.74, 6) is -0.807. The van der Waals surface area contributed by atoms with Gasteiger partial charge >= 0.3 is 11.7 Å². The van der Waals surface area contributed by atoms with Crippen LogP contribution in [0.1, 0.15) is 12.5 Å². The lowest BCUT2D eigenvalue weighted by molar-refractivity contribution is -0.422. The van der Waals surface area contributed by atoms with E-state index in [1.807, 2.05) is 0 Å². The van der Waals surface area contributed by atoms with Gasteiger partial charge in [-0.25, -0.2) is 4.79 Å². The number of carbonyl (C=O) groups is 1. The Labute approximate surface area is 119 Å². The van der Waals surface area contributed by atoms with Gasteiger partial charge in [-0.1, -0.05) is 6.07 Å². The molecule has 0 aliphatic carbocycles. The van der Waals surface area contributed by atoms with E-state index in [2.05, 4.69) is 4.74 Å². The maximum atomic E-state index is 11.0. The number of allylic oxidation sites excluding steroid dienone is 1. The van der Waals surface area contributed by atoms with Crippen molar-refractivity contribution in [2.24, 2.45) is 0 Å². The first-order valence-electron chi connectivity index (χ1n) is 5.66. The van der Waals surface area contributed by atoms with E-state index in [0.29, 0.717) is 0 Å². The third-order valence-electron chi connectivity index (χ3n) is 2.42. The van der Waals surface area contributed by atoms with E-state index >= 15 is 0 Å². The number of esters is 1. The molecule has 0 aliphatic rings. The van der Waals surface area contributed by atoms with Crippen LogP contribution < -0.4 is 4.74 Å². The zero-order valence-corrected chi connectivity index (χ0v) is 11.3. The van der Waals surface area contributed by atoms with E-state index in [1.165, 1.54) is 25.1 Å². The van der Waals surface area contributed by atoms with Crippen LogP contribution in [0, 0.1) is 20.2 Å². The number of nitrogens with zero attached hydrogens (tertiary/aromatic N) is 2. The molecule has 9 nitrogen and oxygen atoms in total. The van der Waals surface area contributed by atoms with E-state index in [4.69, 9.17) is 4.74 Å². The maximum Gasteiger partial charge on any atom is 0.343 e. The fourth-order valence-electron chi connectivity index (χ4n) is 1.38. The lowest BCUT2D eigenvalue weighted by Crippen LogP contribution is -2.13. The maximum absolute atomic E-state index is 11.0. The number of benzene rings is 1. The van der Waals surface area contributed by atoms with Crippen molar-refractivity contribution in [1.82, 2.24) is 0 Å². The Morgan fingerprint density at radius 2 is 2.00 bits per heavy atom. The molecule has 0 saturated heterocycles. The van der Waals surface area contributed by atoms with Crippen LogP contribution in [0.25, 0.3) is 6.08 Å². The zero-order valence-electron chi connectivity index (χ0n) is 11.3. The van der Waals surface area contributed by atoms with Crippen molar-refractivity contribution >= 4 is 17.7 Å². The normalized spacial score (nSPS) is 10.9. The highest BCUT2D eigenvalue weighted by Gasteiger charge is 2.17. The SMILES string of the molecule is COC(=O)COc1ccc(/C=C(/C)[N+](=O)[O-])cc1[N+](=O)[O-]. The summed E-state index contributed by atoms with van der Waals surface area (Å²) in [6.45, 7) is 0.800. The van der Waals surface area contributed by atoms with Crippen molar-refractivity contribution in [2.75, 3.05) is 13.7 Å². The molecule has 9 heteroatoms. The average molecular weight is 296 g/mol. The molecular formula is C12H12N2O7. The number of hydrogen-bond acceptors (Lipinski definition) is 7. The third-order valence-corrected chi connectivity index (χ3v) is 2.42. The van der Waals surface area contributed by atoms with Crippen LogP contribution >= 0.6 is 0 Å². The van der Waals surface area contributed by atoms with Gasteiger partial charge in [-0.2, -0.15) is 0 Å². The molecular weight excluding hydrogens is 284 g/mol. The van der Waals surface area contributed by atoms with Crippen molar-refractivity contribution in [1.29, 1.82) is 0 Å². The molecule has 1 aromatic carbocycles. The zero-order chi connectivity index (χ0) is 16.0. The first kappa shape index (κ1) is 16.1. The second kappa shape index (κ2) is 6.98. The first-order chi connectivity index (χ1) is 9.85. The van der Waals surface area contributed by atoms with E-state index in [9.17, 15) is 25.0 Å². The molecule has 0 aliphatic heterocycles. The van der Waals surface area contributed by atoms with Gasteiger partial charge in [0.25, 0.3) is 0 Å². The molecule has 0 amide bonds.